The molecule has 3 rings (SSSR count). The summed E-state index contributed by atoms with van der Waals surface area (Å²) in [6.07, 6.45) is 11.1. The number of carbonyl (C=O) groups excluding carboxylic acids is 1. The molecule has 2 atom stereocenters. The first-order valence-corrected chi connectivity index (χ1v) is 9.04. The van der Waals surface area contributed by atoms with Crippen molar-refractivity contribution in [3.8, 4) is 0 Å². The predicted octanol–water partition coefficient (Wildman–Crippen LogP) is 4.33. The molecule has 0 aliphatic heterocycles. The molecule has 1 N–H and O–H groups in total. The Balaban J connectivity index is 1.72. The van der Waals surface area contributed by atoms with Crippen molar-refractivity contribution < 1.29 is 4.79 Å². The number of nitrogens with one attached hydrogen (secondary N) is 1. The number of amides is 1. The number of rotatable bonds is 2. The summed E-state index contributed by atoms with van der Waals surface area (Å²) < 4.78 is 0. The first-order valence-electron chi connectivity index (χ1n) is 8.16. The molecular weight excluding hydrogens is 266 g/mol. The molecule has 110 valence electrons. The van der Waals surface area contributed by atoms with E-state index in [0.717, 1.165) is 18.4 Å². The van der Waals surface area contributed by atoms with E-state index in [1.54, 1.807) is 11.3 Å². The standard InChI is InChI=1S/C17H25NOS/c1-12-7-5-6-9-15(12)18-17(19)14-11-20-16-10-4-2-3-8-13(14)16/h11-12,15H,2-10H2,1H3,(H,18,19). The van der Waals surface area contributed by atoms with Crippen LogP contribution in [0, 0.1) is 5.92 Å². The average Bonchev–Trinajstić information content (AvgIpc) is 2.71. The second kappa shape index (κ2) is 6.30. The zero-order valence-corrected chi connectivity index (χ0v) is 13.2. The van der Waals surface area contributed by atoms with Gasteiger partial charge in [-0.3, -0.25) is 4.79 Å². The smallest absolute Gasteiger partial charge is 0.252 e. The van der Waals surface area contributed by atoms with E-state index in [1.807, 2.05) is 0 Å². The lowest BCUT2D eigenvalue weighted by atomic mass is 9.86. The summed E-state index contributed by atoms with van der Waals surface area (Å²) in [4.78, 5) is 14.1. The van der Waals surface area contributed by atoms with E-state index in [2.05, 4.69) is 17.6 Å². The molecule has 20 heavy (non-hydrogen) atoms. The Morgan fingerprint density at radius 1 is 1.15 bits per heavy atom. The monoisotopic (exact) mass is 291 g/mol. The quantitative estimate of drug-likeness (QED) is 0.808. The second-order valence-corrected chi connectivity index (χ2v) is 7.42. The van der Waals surface area contributed by atoms with Gasteiger partial charge in [-0.1, -0.05) is 26.2 Å². The highest BCUT2D eigenvalue weighted by atomic mass is 32.1. The Morgan fingerprint density at radius 3 is 2.80 bits per heavy atom. The van der Waals surface area contributed by atoms with E-state index in [-0.39, 0.29) is 5.91 Å². The summed E-state index contributed by atoms with van der Waals surface area (Å²) in [5.74, 6) is 0.813. The zero-order chi connectivity index (χ0) is 13.9. The van der Waals surface area contributed by atoms with Crippen molar-refractivity contribution in [2.24, 2.45) is 5.92 Å². The van der Waals surface area contributed by atoms with Crippen LogP contribution in [0.1, 0.15) is 72.7 Å². The third kappa shape index (κ3) is 2.93. The van der Waals surface area contributed by atoms with Crippen molar-refractivity contribution in [2.75, 3.05) is 0 Å². The van der Waals surface area contributed by atoms with Crippen LogP contribution in [-0.2, 0) is 12.8 Å². The number of carbonyl (C=O) groups is 1. The molecule has 2 aliphatic carbocycles. The molecule has 1 saturated carbocycles. The SMILES string of the molecule is CC1CCCCC1NC(=O)c1csc2c1CCCCC2. The topological polar surface area (TPSA) is 29.1 Å². The Labute approximate surface area is 126 Å². The fraction of sp³-hybridized carbons (Fsp3) is 0.706. The van der Waals surface area contributed by atoms with Crippen LogP contribution < -0.4 is 5.32 Å². The predicted molar refractivity (Wildman–Crippen MR) is 84.5 cm³/mol. The lowest BCUT2D eigenvalue weighted by molar-refractivity contribution is 0.0910. The molecule has 2 aliphatic rings. The molecular formula is C17H25NOS. The van der Waals surface area contributed by atoms with Crippen LogP contribution in [0.2, 0.25) is 0 Å². The van der Waals surface area contributed by atoms with E-state index in [0.29, 0.717) is 12.0 Å². The van der Waals surface area contributed by atoms with Gasteiger partial charge in [0.15, 0.2) is 0 Å². The maximum absolute atomic E-state index is 12.6. The van der Waals surface area contributed by atoms with Gasteiger partial charge in [-0.2, -0.15) is 0 Å². The number of fused-ring (bicyclic) bond motifs is 1. The molecule has 0 bridgehead atoms. The summed E-state index contributed by atoms with van der Waals surface area (Å²) in [7, 11) is 0. The third-order valence-corrected chi connectivity index (χ3v) is 6.07. The molecule has 1 heterocycles. The van der Waals surface area contributed by atoms with Gasteiger partial charge >= 0.3 is 0 Å². The average molecular weight is 291 g/mol. The van der Waals surface area contributed by atoms with Gasteiger partial charge in [-0.25, -0.2) is 0 Å². The van der Waals surface area contributed by atoms with Gasteiger partial charge in [0, 0.05) is 16.3 Å². The summed E-state index contributed by atoms with van der Waals surface area (Å²) in [5.41, 5.74) is 2.33. The molecule has 2 unspecified atom stereocenters. The molecule has 0 saturated heterocycles. The van der Waals surface area contributed by atoms with Gasteiger partial charge in [0.05, 0.1) is 5.56 Å². The lowest BCUT2D eigenvalue weighted by Crippen LogP contribution is -2.41. The van der Waals surface area contributed by atoms with Crippen molar-refractivity contribution in [3.63, 3.8) is 0 Å². The summed E-state index contributed by atoms with van der Waals surface area (Å²) in [6.45, 7) is 2.28. The van der Waals surface area contributed by atoms with E-state index in [1.165, 1.54) is 55.4 Å². The van der Waals surface area contributed by atoms with E-state index in [9.17, 15) is 4.79 Å². The van der Waals surface area contributed by atoms with E-state index in [4.69, 9.17) is 0 Å². The highest BCUT2D eigenvalue weighted by Gasteiger charge is 2.25. The Kier molecular flexibility index (Phi) is 4.45. The Hall–Kier alpha value is -0.830. The van der Waals surface area contributed by atoms with E-state index < -0.39 is 0 Å². The van der Waals surface area contributed by atoms with Gasteiger partial charge in [-0.15, -0.1) is 11.3 Å². The maximum atomic E-state index is 12.6. The minimum Gasteiger partial charge on any atom is -0.349 e. The van der Waals surface area contributed by atoms with Crippen molar-refractivity contribution in [2.45, 2.75) is 70.8 Å². The van der Waals surface area contributed by atoms with Crippen molar-refractivity contribution in [3.05, 3.63) is 21.4 Å². The Bertz CT molecular complexity index is 479. The van der Waals surface area contributed by atoms with Crippen molar-refractivity contribution >= 4 is 17.2 Å². The van der Waals surface area contributed by atoms with Crippen molar-refractivity contribution in [1.29, 1.82) is 0 Å². The number of hydrogen-bond acceptors (Lipinski definition) is 2. The first-order chi connectivity index (χ1) is 9.75. The molecule has 0 radical (unpaired) electrons. The van der Waals surface area contributed by atoms with Gasteiger partial charge < -0.3 is 5.32 Å². The highest BCUT2D eigenvalue weighted by molar-refractivity contribution is 7.10. The van der Waals surface area contributed by atoms with Crippen LogP contribution in [0.5, 0.6) is 0 Å². The molecule has 0 spiro atoms. The second-order valence-electron chi connectivity index (χ2n) is 6.45. The minimum atomic E-state index is 0.183. The maximum Gasteiger partial charge on any atom is 0.252 e. The molecule has 0 aromatic carbocycles. The molecule has 1 fully saturated rings. The largest absolute Gasteiger partial charge is 0.349 e. The molecule has 1 amide bonds. The van der Waals surface area contributed by atoms with Gasteiger partial charge in [-0.05, 0) is 50.0 Å². The van der Waals surface area contributed by atoms with Gasteiger partial charge in [0.2, 0.25) is 0 Å². The number of aryl methyl sites for hydroxylation is 1. The van der Waals surface area contributed by atoms with Crippen LogP contribution in [0.3, 0.4) is 0 Å². The third-order valence-electron chi connectivity index (χ3n) is 4.98. The minimum absolute atomic E-state index is 0.183. The van der Waals surface area contributed by atoms with Crippen LogP contribution in [0.25, 0.3) is 0 Å². The van der Waals surface area contributed by atoms with Crippen LogP contribution in [0.15, 0.2) is 5.38 Å². The fourth-order valence-corrected chi connectivity index (χ4v) is 4.76. The molecule has 3 heteroatoms. The summed E-state index contributed by atoms with van der Waals surface area (Å²) in [5, 5.41) is 5.41. The van der Waals surface area contributed by atoms with Crippen molar-refractivity contribution in [1.82, 2.24) is 5.32 Å². The molecule has 1 aromatic heterocycles. The van der Waals surface area contributed by atoms with Crippen LogP contribution in [0.4, 0.5) is 0 Å². The highest BCUT2D eigenvalue weighted by Crippen LogP contribution is 2.30. The summed E-state index contributed by atoms with van der Waals surface area (Å²) in [6, 6.07) is 0.387. The first kappa shape index (κ1) is 14.1. The van der Waals surface area contributed by atoms with Gasteiger partial charge in [0.1, 0.15) is 0 Å². The number of hydrogen-bond donors (Lipinski definition) is 1. The fourth-order valence-electron chi connectivity index (χ4n) is 3.64. The lowest BCUT2D eigenvalue weighted by Gasteiger charge is -2.29. The van der Waals surface area contributed by atoms with Gasteiger partial charge in [0.25, 0.3) is 5.91 Å². The molecule has 2 nitrogen and oxygen atoms in total. The Morgan fingerprint density at radius 2 is 1.95 bits per heavy atom. The molecule has 1 aromatic rings. The van der Waals surface area contributed by atoms with Crippen LogP contribution in [-0.4, -0.2) is 11.9 Å². The van der Waals surface area contributed by atoms with E-state index >= 15 is 0 Å². The summed E-state index contributed by atoms with van der Waals surface area (Å²) >= 11 is 1.80. The normalized spacial score (nSPS) is 26.6. The zero-order valence-electron chi connectivity index (χ0n) is 12.4. The van der Waals surface area contributed by atoms with Crippen LogP contribution >= 0.6 is 11.3 Å². The number of thiophene rings is 1.